The van der Waals surface area contributed by atoms with Gasteiger partial charge in [0.15, 0.2) is 0 Å². The van der Waals surface area contributed by atoms with E-state index in [2.05, 4.69) is 10.3 Å². The standard InChI is InChI=1S/C12H13N3O3/c1-2-13-10(16)7-15-11(17)8-5-3-4-6-9(8)14-12(15)18/h3-6,8H,2,7H2,1H3,(H,13,16). The van der Waals surface area contributed by atoms with Gasteiger partial charge >= 0.3 is 6.03 Å². The zero-order chi connectivity index (χ0) is 13.1. The molecule has 18 heavy (non-hydrogen) atoms. The minimum atomic E-state index is -0.683. The van der Waals surface area contributed by atoms with Crippen LogP contribution in [-0.4, -0.2) is 41.5 Å². The Bertz CT molecular complexity index is 491. The molecule has 6 heteroatoms. The summed E-state index contributed by atoms with van der Waals surface area (Å²) in [6.07, 6.45) is 6.74. The Morgan fingerprint density at radius 1 is 1.44 bits per heavy atom. The van der Waals surface area contributed by atoms with E-state index in [1.54, 1.807) is 31.2 Å². The van der Waals surface area contributed by atoms with Crippen molar-refractivity contribution in [1.29, 1.82) is 0 Å². The van der Waals surface area contributed by atoms with Crippen molar-refractivity contribution in [3.63, 3.8) is 0 Å². The van der Waals surface area contributed by atoms with Crippen LogP contribution in [0.1, 0.15) is 6.92 Å². The van der Waals surface area contributed by atoms with Crippen molar-refractivity contribution in [2.24, 2.45) is 10.9 Å². The first-order chi connectivity index (χ1) is 8.63. The molecule has 0 bridgehead atoms. The number of amides is 4. The van der Waals surface area contributed by atoms with Crippen LogP contribution >= 0.6 is 0 Å². The molecule has 1 N–H and O–H groups in total. The van der Waals surface area contributed by atoms with Gasteiger partial charge in [0, 0.05) is 6.54 Å². The van der Waals surface area contributed by atoms with Gasteiger partial charge < -0.3 is 5.32 Å². The molecule has 0 saturated carbocycles. The van der Waals surface area contributed by atoms with E-state index in [0.717, 1.165) is 4.90 Å². The number of likely N-dealkylation sites (N-methyl/N-ethyl adjacent to an activating group) is 1. The van der Waals surface area contributed by atoms with Gasteiger partial charge in [0.2, 0.25) is 11.8 Å². The third-order valence-corrected chi connectivity index (χ3v) is 2.66. The lowest BCUT2D eigenvalue weighted by Gasteiger charge is -2.27. The summed E-state index contributed by atoms with van der Waals surface area (Å²) >= 11 is 0. The molecule has 4 amide bonds. The second-order valence-electron chi connectivity index (χ2n) is 3.92. The Labute approximate surface area is 104 Å². The number of aliphatic imine (C=N–C) groups is 1. The number of nitrogens with one attached hydrogen (secondary N) is 1. The number of hydrogen-bond acceptors (Lipinski definition) is 3. The minimum absolute atomic E-state index is 0.281. The van der Waals surface area contributed by atoms with Crippen LogP contribution in [0.15, 0.2) is 29.3 Å². The first-order valence-corrected chi connectivity index (χ1v) is 5.69. The van der Waals surface area contributed by atoms with Gasteiger partial charge in [-0.3, -0.25) is 14.5 Å². The Morgan fingerprint density at radius 2 is 2.22 bits per heavy atom. The van der Waals surface area contributed by atoms with E-state index in [1.165, 1.54) is 0 Å². The van der Waals surface area contributed by atoms with Crippen LogP contribution in [0.3, 0.4) is 0 Å². The maximum atomic E-state index is 12.1. The normalized spacial score (nSPS) is 21.7. The first-order valence-electron chi connectivity index (χ1n) is 5.69. The number of carbonyl (C=O) groups excluding carboxylic acids is 3. The molecule has 1 aliphatic carbocycles. The predicted molar refractivity (Wildman–Crippen MR) is 65.0 cm³/mol. The van der Waals surface area contributed by atoms with Gasteiger partial charge in [0.05, 0.1) is 11.6 Å². The Morgan fingerprint density at radius 3 is 2.94 bits per heavy atom. The summed E-state index contributed by atoms with van der Waals surface area (Å²) in [5.41, 5.74) is 0.430. The molecule has 94 valence electrons. The average Bonchev–Trinajstić information content (AvgIpc) is 2.35. The number of imide groups is 1. The van der Waals surface area contributed by atoms with Gasteiger partial charge in [-0.2, -0.15) is 4.99 Å². The Hall–Kier alpha value is -2.24. The largest absolute Gasteiger partial charge is 0.355 e. The minimum Gasteiger partial charge on any atom is -0.355 e. The van der Waals surface area contributed by atoms with Crippen LogP contribution in [0.2, 0.25) is 0 Å². The van der Waals surface area contributed by atoms with Crippen molar-refractivity contribution in [3.8, 4) is 0 Å². The van der Waals surface area contributed by atoms with E-state index in [1.807, 2.05) is 0 Å². The number of hydrogen-bond donors (Lipinski definition) is 1. The SMILES string of the molecule is CCNC(=O)CN1C(=O)N=C2C=CC=CC2C1=O. The lowest BCUT2D eigenvalue weighted by Crippen LogP contribution is -2.49. The molecule has 6 nitrogen and oxygen atoms in total. The summed E-state index contributed by atoms with van der Waals surface area (Å²) in [5.74, 6) is -1.33. The van der Waals surface area contributed by atoms with Gasteiger partial charge in [-0.25, -0.2) is 4.79 Å². The van der Waals surface area contributed by atoms with E-state index < -0.39 is 17.9 Å². The summed E-state index contributed by atoms with van der Waals surface area (Å²) in [4.78, 5) is 39.9. The molecular weight excluding hydrogens is 234 g/mol. The number of nitrogens with zero attached hydrogens (tertiary/aromatic N) is 2. The van der Waals surface area contributed by atoms with Crippen molar-refractivity contribution in [3.05, 3.63) is 24.3 Å². The van der Waals surface area contributed by atoms with Gasteiger partial charge in [-0.1, -0.05) is 18.2 Å². The second kappa shape index (κ2) is 4.95. The molecule has 0 fully saturated rings. The molecule has 0 aromatic rings. The lowest BCUT2D eigenvalue weighted by molar-refractivity contribution is -0.134. The zero-order valence-corrected chi connectivity index (χ0v) is 9.92. The predicted octanol–water partition coefficient (Wildman–Crippen LogP) is 0.268. The van der Waals surface area contributed by atoms with Crippen molar-refractivity contribution in [2.45, 2.75) is 6.92 Å². The van der Waals surface area contributed by atoms with Crippen molar-refractivity contribution < 1.29 is 14.4 Å². The molecule has 0 spiro atoms. The first kappa shape index (κ1) is 12.2. The number of rotatable bonds is 3. The molecule has 1 atom stereocenters. The number of urea groups is 1. The summed E-state index contributed by atoms with van der Waals surface area (Å²) in [5, 5.41) is 2.54. The highest BCUT2D eigenvalue weighted by Crippen LogP contribution is 2.19. The number of fused-ring (bicyclic) bond motifs is 1. The van der Waals surface area contributed by atoms with Crippen molar-refractivity contribution >= 4 is 23.6 Å². The number of allylic oxidation sites excluding steroid dienone is 3. The Balaban J connectivity index is 2.18. The molecular formula is C12H13N3O3. The summed E-state index contributed by atoms with van der Waals surface area (Å²) in [6.45, 7) is 1.94. The van der Waals surface area contributed by atoms with Crippen LogP contribution < -0.4 is 5.32 Å². The number of carbonyl (C=O) groups is 3. The highest BCUT2D eigenvalue weighted by atomic mass is 16.2. The molecule has 0 aromatic carbocycles. The molecule has 1 heterocycles. The zero-order valence-electron chi connectivity index (χ0n) is 9.92. The fraction of sp³-hybridized carbons (Fsp3) is 0.333. The molecule has 1 aliphatic heterocycles. The van der Waals surface area contributed by atoms with Gasteiger partial charge in [0.1, 0.15) is 6.54 Å². The van der Waals surface area contributed by atoms with E-state index in [9.17, 15) is 14.4 Å². The fourth-order valence-corrected chi connectivity index (χ4v) is 1.82. The monoisotopic (exact) mass is 247 g/mol. The second-order valence-corrected chi connectivity index (χ2v) is 3.92. The maximum absolute atomic E-state index is 12.1. The highest BCUT2D eigenvalue weighted by Gasteiger charge is 2.36. The Kier molecular flexibility index (Phi) is 3.36. The third-order valence-electron chi connectivity index (χ3n) is 2.66. The van der Waals surface area contributed by atoms with Crippen LogP contribution in [0.5, 0.6) is 0 Å². The topological polar surface area (TPSA) is 78.8 Å². The molecule has 0 aromatic heterocycles. The van der Waals surface area contributed by atoms with E-state index in [0.29, 0.717) is 12.3 Å². The van der Waals surface area contributed by atoms with Crippen LogP contribution in [0, 0.1) is 5.92 Å². The fourth-order valence-electron chi connectivity index (χ4n) is 1.82. The maximum Gasteiger partial charge on any atom is 0.351 e. The van der Waals surface area contributed by atoms with Gasteiger partial charge in [-0.15, -0.1) is 0 Å². The summed E-state index contributed by atoms with van der Waals surface area (Å²) < 4.78 is 0. The molecule has 1 unspecified atom stereocenters. The van der Waals surface area contributed by atoms with Crippen LogP contribution in [0.4, 0.5) is 4.79 Å². The van der Waals surface area contributed by atoms with Gasteiger partial charge in [-0.05, 0) is 13.0 Å². The van der Waals surface area contributed by atoms with Crippen molar-refractivity contribution in [2.75, 3.05) is 13.1 Å². The molecule has 0 saturated heterocycles. The van der Waals surface area contributed by atoms with E-state index >= 15 is 0 Å². The van der Waals surface area contributed by atoms with E-state index in [-0.39, 0.29) is 12.5 Å². The van der Waals surface area contributed by atoms with Gasteiger partial charge in [0.25, 0.3) is 0 Å². The lowest BCUT2D eigenvalue weighted by atomic mass is 9.95. The van der Waals surface area contributed by atoms with Crippen LogP contribution in [0.25, 0.3) is 0 Å². The smallest absolute Gasteiger partial charge is 0.351 e. The summed E-state index contributed by atoms with van der Waals surface area (Å²) in [7, 11) is 0. The molecule has 2 rings (SSSR count). The third kappa shape index (κ3) is 2.22. The van der Waals surface area contributed by atoms with Crippen LogP contribution in [-0.2, 0) is 9.59 Å². The molecule has 2 aliphatic rings. The summed E-state index contributed by atoms with van der Waals surface area (Å²) in [6, 6.07) is -0.683. The quantitative estimate of drug-likeness (QED) is 0.777. The van der Waals surface area contributed by atoms with E-state index in [4.69, 9.17) is 0 Å². The molecule has 0 radical (unpaired) electrons. The van der Waals surface area contributed by atoms with Crippen molar-refractivity contribution in [1.82, 2.24) is 10.2 Å². The highest BCUT2D eigenvalue weighted by molar-refractivity contribution is 6.22. The average molecular weight is 247 g/mol.